The second-order valence-corrected chi connectivity index (χ2v) is 15.8. The number of esters is 2. The van der Waals surface area contributed by atoms with Crippen LogP contribution in [0.5, 0.6) is 0 Å². The summed E-state index contributed by atoms with van der Waals surface area (Å²) in [4.78, 5) is 35.1. The van der Waals surface area contributed by atoms with Crippen LogP contribution in [0.4, 0.5) is 0 Å². The first-order valence-electron chi connectivity index (χ1n) is 19.7. The van der Waals surface area contributed by atoms with Crippen molar-refractivity contribution in [3.63, 3.8) is 0 Å². The van der Waals surface area contributed by atoms with E-state index in [0.717, 1.165) is 64.2 Å². The van der Waals surface area contributed by atoms with Gasteiger partial charge in [0, 0.05) is 12.8 Å². The maximum absolute atomic E-state index is 12.6. The Labute approximate surface area is 306 Å². The molecule has 0 rings (SSSR count). The fourth-order valence-corrected chi connectivity index (χ4v) is 5.71. The second-order valence-electron chi connectivity index (χ2n) is 14.3. The van der Waals surface area contributed by atoms with Crippen molar-refractivity contribution in [2.75, 3.05) is 47.5 Å². The van der Waals surface area contributed by atoms with E-state index in [1.54, 1.807) is 0 Å². The molecule has 1 N–H and O–H groups in total. The number of ether oxygens (including phenoxy) is 2. The van der Waals surface area contributed by atoms with Gasteiger partial charge in [-0.1, -0.05) is 115 Å². The number of hydrogen-bond acceptors (Lipinski definition) is 7. The Hall–Kier alpha value is -1.77. The third kappa shape index (κ3) is 36.0. The predicted molar refractivity (Wildman–Crippen MR) is 206 cm³/mol. The number of phosphoric acid groups is 1. The van der Waals surface area contributed by atoms with Crippen LogP contribution in [0.1, 0.15) is 155 Å². The van der Waals surface area contributed by atoms with Gasteiger partial charge in [0.2, 0.25) is 0 Å². The van der Waals surface area contributed by atoms with E-state index < -0.39 is 32.5 Å². The average Bonchev–Trinajstić information content (AvgIpc) is 3.06. The Balaban J connectivity index is 4.48. The number of phosphoric ester groups is 1. The summed E-state index contributed by atoms with van der Waals surface area (Å²) >= 11 is 0. The van der Waals surface area contributed by atoms with Crippen molar-refractivity contribution in [3.8, 4) is 0 Å². The zero-order valence-corrected chi connectivity index (χ0v) is 33.5. The number of hydrogen-bond donors (Lipinski definition) is 1. The third-order valence-electron chi connectivity index (χ3n) is 8.14. The molecule has 9 nitrogen and oxygen atoms in total. The van der Waals surface area contributed by atoms with E-state index >= 15 is 0 Å². The van der Waals surface area contributed by atoms with Gasteiger partial charge in [0.25, 0.3) is 0 Å². The molecule has 0 aliphatic carbocycles. The van der Waals surface area contributed by atoms with Crippen molar-refractivity contribution < 1.29 is 42.1 Å². The zero-order chi connectivity index (χ0) is 37.2. The summed E-state index contributed by atoms with van der Waals surface area (Å²) in [6.07, 6.45) is 34.8. The molecule has 0 saturated heterocycles. The lowest BCUT2D eigenvalue weighted by Gasteiger charge is -2.24. The molecule has 2 atom stereocenters. The summed E-state index contributed by atoms with van der Waals surface area (Å²) in [6, 6.07) is 0. The third-order valence-corrected chi connectivity index (χ3v) is 9.13. The fourth-order valence-electron chi connectivity index (χ4n) is 4.96. The highest BCUT2D eigenvalue weighted by Gasteiger charge is 2.27. The molecule has 0 bridgehead atoms. The largest absolute Gasteiger partial charge is 0.472 e. The fraction of sp³-hybridized carbons (Fsp3) is 0.800. The number of carbonyl (C=O) groups excluding carboxylic acids is 2. The van der Waals surface area contributed by atoms with Gasteiger partial charge in [-0.05, 0) is 64.2 Å². The normalized spacial score (nSPS) is 14.1. The quantitative estimate of drug-likeness (QED) is 0.0226. The lowest BCUT2D eigenvalue weighted by molar-refractivity contribution is -0.870. The second kappa shape index (κ2) is 33.1. The molecular formula is C40H75NO8P+. The number of unbranched alkanes of at least 4 members (excludes halogenated alkanes) is 15. The zero-order valence-electron chi connectivity index (χ0n) is 32.6. The van der Waals surface area contributed by atoms with Gasteiger partial charge in [-0.3, -0.25) is 18.6 Å². The molecule has 0 aliphatic rings. The molecule has 0 aromatic heterocycles. The molecule has 0 aromatic carbocycles. The Morgan fingerprint density at radius 1 is 0.620 bits per heavy atom. The van der Waals surface area contributed by atoms with E-state index in [-0.39, 0.29) is 26.1 Å². The van der Waals surface area contributed by atoms with Gasteiger partial charge in [-0.2, -0.15) is 0 Å². The average molecular weight is 729 g/mol. The molecule has 50 heavy (non-hydrogen) atoms. The minimum atomic E-state index is -4.37. The summed E-state index contributed by atoms with van der Waals surface area (Å²) in [6.45, 7) is 4.31. The number of rotatable bonds is 35. The van der Waals surface area contributed by atoms with Gasteiger partial charge in [-0.15, -0.1) is 0 Å². The standard InChI is InChI=1S/C40H74NO8P/c1-6-8-10-12-14-16-18-19-20-21-23-24-26-28-30-32-39(42)46-36-38(37-48-50(44,45)47-35-34-41(3,4)5)49-40(43)33-31-29-27-25-22-17-15-13-11-9-7-2/h13,15,19-20,23-24,38H,6-12,14,16-18,21-22,25-37H2,1-5H3/p+1/b15-13+,20-19+,24-23+/t38-/m1/s1. The van der Waals surface area contributed by atoms with Crippen molar-refractivity contribution in [3.05, 3.63) is 36.5 Å². The summed E-state index contributed by atoms with van der Waals surface area (Å²) < 4.78 is 34.1. The molecule has 1 unspecified atom stereocenters. The van der Waals surface area contributed by atoms with Crippen LogP contribution in [0.25, 0.3) is 0 Å². The van der Waals surface area contributed by atoms with Crippen LogP contribution in [0.15, 0.2) is 36.5 Å². The van der Waals surface area contributed by atoms with Crippen molar-refractivity contribution in [2.45, 2.75) is 161 Å². The number of allylic oxidation sites excluding steroid dienone is 6. The lowest BCUT2D eigenvalue weighted by atomic mass is 10.1. The number of likely N-dealkylation sites (N-methyl/N-ethyl adjacent to an activating group) is 1. The SMILES string of the molecule is CCCC/C=C/CCCCCCCC(=O)O[C@H](COC(=O)CCCC/C=C/C/C=C/CCCCCCCC)COP(=O)(O)OCC[N+](C)(C)C. The van der Waals surface area contributed by atoms with E-state index in [9.17, 15) is 19.0 Å². The van der Waals surface area contributed by atoms with Crippen LogP contribution in [0.3, 0.4) is 0 Å². The first-order chi connectivity index (χ1) is 24.0. The van der Waals surface area contributed by atoms with Gasteiger partial charge in [0.1, 0.15) is 19.8 Å². The number of nitrogens with zero attached hydrogens (tertiary/aromatic N) is 1. The molecule has 0 aliphatic heterocycles. The van der Waals surface area contributed by atoms with Crippen molar-refractivity contribution in [1.82, 2.24) is 0 Å². The Kier molecular flexibility index (Phi) is 31.9. The van der Waals surface area contributed by atoms with Crippen molar-refractivity contribution in [2.24, 2.45) is 0 Å². The molecule has 0 heterocycles. The molecule has 0 spiro atoms. The topological polar surface area (TPSA) is 108 Å². The minimum absolute atomic E-state index is 0.0248. The molecule has 0 amide bonds. The molecule has 0 saturated carbocycles. The summed E-state index contributed by atoms with van der Waals surface area (Å²) in [5.41, 5.74) is 0. The number of carbonyl (C=O) groups is 2. The van der Waals surface area contributed by atoms with Gasteiger partial charge in [0.15, 0.2) is 6.10 Å². The lowest BCUT2D eigenvalue weighted by Crippen LogP contribution is -2.37. The Morgan fingerprint density at radius 2 is 1.10 bits per heavy atom. The predicted octanol–water partition coefficient (Wildman–Crippen LogP) is 10.6. The van der Waals surface area contributed by atoms with Crippen molar-refractivity contribution >= 4 is 19.8 Å². The maximum Gasteiger partial charge on any atom is 0.472 e. The van der Waals surface area contributed by atoms with Crippen LogP contribution >= 0.6 is 7.82 Å². The van der Waals surface area contributed by atoms with E-state index in [1.165, 1.54) is 51.4 Å². The highest BCUT2D eigenvalue weighted by Crippen LogP contribution is 2.43. The van der Waals surface area contributed by atoms with Crippen LogP contribution < -0.4 is 0 Å². The molecule has 0 radical (unpaired) electrons. The summed E-state index contributed by atoms with van der Waals surface area (Å²) in [7, 11) is 1.45. The van der Waals surface area contributed by atoms with Gasteiger partial charge < -0.3 is 18.9 Å². The van der Waals surface area contributed by atoms with Gasteiger partial charge in [0.05, 0.1) is 27.7 Å². The van der Waals surface area contributed by atoms with E-state index in [2.05, 4.69) is 50.3 Å². The number of quaternary nitrogens is 1. The van der Waals surface area contributed by atoms with Crippen LogP contribution in [0.2, 0.25) is 0 Å². The van der Waals surface area contributed by atoms with Crippen LogP contribution in [0, 0.1) is 0 Å². The summed E-state index contributed by atoms with van der Waals surface area (Å²) in [5.74, 6) is -0.851. The van der Waals surface area contributed by atoms with Crippen LogP contribution in [-0.2, 0) is 32.7 Å². The smallest absolute Gasteiger partial charge is 0.462 e. The van der Waals surface area contributed by atoms with Crippen molar-refractivity contribution in [1.29, 1.82) is 0 Å². The molecular weight excluding hydrogens is 653 g/mol. The van der Waals surface area contributed by atoms with E-state index in [4.69, 9.17) is 18.5 Å². The Bertz CT molecular complexity index is 959. The maximum atomic E-state index is 12.6. The van der Waals surface area contributed by atoms with E-state index in [0.29, 0.717) is 23.9 Å². The monoisotopic (exact) mass is 729 g/mol. The highest BCUT2D eigenvalue weighted by atomic mass is 31.2. The Morgan fingerprint density at radius 3 is 1.70 bits per heavy atom. The van der Waals surface area contributed by atoms with E-state index in [1.807, 2.05) is 21.1 Å². The minimum Gasteiger partial charge on any atom is -0.462 e. The first kappa shape index (κ1) is 48.2. The van der Waals surface area contributed by atoms with Gasteiger partial charge >= 0.3 is 19.8 Å². The first-order valence-corrected chi connectivity index (χ1v) is 21.2. The highest BCUT2D eigenvalue weighted by molar-refractivity contribution is 7.47. The van der Waals surface area contributed by atoms with Gasteiger partial charge in [-0.25, -0.2) is 4.57 Å². The van der Waals surface area contributed by atoms with Crippen LogP contribution in [-0.4, -0.2) is 74.9 Å². The molecule has 292 valence electrons. The molecule has 10 heteroatoms. The molecule has 0 aromatic rings. The molecule has 0 fully saturated rings. The summed E-state index contributed by atoms with van der Waals surface area (Å²) in [5, 5.41) is 0.